The minimum atomic E-state index is -4.07. The lowest BCUT2D eigenvalue weighted by atomic mass is 10.3. The summed E-state index contributed by atoms with van der Waals surface area (Å²) < 4.78 is 40.2. The number of carbonyl (C=O) groups is 1. The summed E-state index contributed by atoms with van der Waals surface area (Å²) in [5, 5.41) is 3.17. The maximum atomic E-state index is 13.6. The average Bonchev–Trinajstić information content (AvgIpc) is 2.75. The predicted octanol–water partition coefficient (Wildman–Crippen LogP) is 0.736. The summed E-state index contributed by atoms with van der Waals surface area (Å²) in [6, 6.07) is 4.15. The summed E-state index contributed by atoms with van der Waals surface area (Å²) in [5.41, 5.74) is 0. The molecule has 130 valence electrons. The van der Waals surface area contributed by atoms with E-state index in [2.05, 4.69) is 10.0 Å². The highest BCUT2D eigenvalue weighted by Crippen LogP contribution is 2.14. The Morgan fingerprint density at radius 2 is 2.00 bits per heavy atom. The molecule has 0 radical (unpaired) electrons. The standard InChI is InChI=1S/C14H20FN3O3S.ClH/c1-11(14(19)18-9-4-7-16-8-10-18)17-22(20,21)13-6-3-2-5-12(13)15;/h2-3,5-6,11,16-17H,4,7-10H2,1H3;1H. The largest absolute Gasteiger partial charge is 0.340 e. The zero-order chi connectivity index (χ0) is 16.2. The molecule has 1 unspecified atom stereocenters. The Morgan fingerprint density at radius 1 is 1.30 bits per heavy atom. The molecule has 1 aliphatic rings. The van der Waals surface area contributed by atoms with Gasteiger partial charge in [0, 0.05) is 19.6 Å². The first-order valence-corrected chi connectivity index (χ1v) is 8.66. The Morgan fingerprint density at radius 3 is 2.70 bits per heavy atom. The molecule has 1 amide bonds. The van der Waals surface area contributed by atoms with Crippen LogP contribution < -0.4 is 10.0 Å². The smallest absolute Gasteiger partial charge is 0.244 e. The van der Waals surface area contributed by atoms with Gasteiger partial charge in [0.2, 0.25) is 15.9 Å². The van der Waals surface area contributed by atoms with Crippen LogP contribution in [0.3, 0.4) is 0 Å². The second kappa shape index (κ2) is 8.58. The van der Waals surface area contributed by atoms with Gasteiger partial charge in [0.15, 0.2) is 0 Å². The first kappa shape index (κ1) is 19.8. The van der Waals surface area contributed by atoms with Gasteiger partial charge in [-0.1, -0.05) is 12.1 Å². The van der Waals surface area contributed by atoms with E-state index in [0.29, 0.717) is 19.6 Å². The highest BCUT2D eigenvalue weighted by Gasteiger charge is 2.27. The Balaban J connectivity index is 0.00000264. The van der Waals surface area contributed by atoms with Gasteiger partial charge in [0.25, 0.3) is 0 Å². The van der Waals surface area contributed by atoms with Crippen molar-refractivity contribution in [3.8, 4) is 0 Å². The molecule has 6 nitrogen and oxygen atoms in total. The van der Waals surface area contributed by atoms with Crippen LogP contribution in [0, 0.1) is 5.82 Å². The number of nitrogens with one attached hydrogen (secondary N) is 2. The van der Waals surface area contributed by atoms with Gasteiger partial charge in [-0.25, -0.2) is 12.8 Å². The van der Waals surface area contributed by atoms with Crippen LogP contribution in [0.4, 0.5) is 4.39 Å². The molecule has 1 aromatic rings. The SMILES string of the molecule is CC(NS(=O)(=O)c1ccccc1F)C(=O)N1CCCNCC1.Cl. The second-order valence-corrected chi connectivity index (χ2v) is 6.88. The van der Waals surface area contributed by atoms with Crippen molar-refractivity contribution in [2.45, 2.75) is 24.3 Å². The molecule has 1 atom stereocenters. The lowest BCUT2D eigenvalue weighted by Crippen LogP contribution is -2.47. The first-order chi connectivity index (χ1) is 10.4. The van der Waals surface area contributed by atoms with Gasteiger partial charge in [0.05, 0.1) is 6.04 Å². The zero-order valence-electron chi connectivity index (χ0n) is 12.8. The fraction of sp³-hybridized carbons (Fsp3) is 0.500. The maximum absolute atomic E-state index is 13.6. The van der Waals surface area contributed by atoms with Crippen molar-refractivity contribution in [3.63, 3.8) is 0 Å². The number of hydrogen-bond acceptors (Lipinski definition) is 4. The Hall–Kier alpha value is -1.22. The van der Waals surface area contributed by atoms with Crippen LogP contribution in [-0.2, 0) is 14.8 Å². The molecule has 1 aliphatic heterocycles. The van der Waals surface area contributed by atoms with Crippen LogP contribution in [0.2, 0.25) is 0 Å². The highest BCUT2D eigenvalue weighted by molar-refractivity contribution is 7.89. The number of sulfonamides is 1. The number of rotatable bonds is 4. The molecule has 1 fully saturated rings. The number of carbonyl (C=O) groups excluding carboxylic acids is 1. The first-order valence-electron chi connectivity index (χ1n) is 7.18. The van der Waals surface area contributed by atoms with E-state index in [1.54, 1.807) is 4.90 Å². The van der Waals surface area contributed by atoms with Crippen LogP contribution in [0.25, 0.3) is 0 Å². The molecule has 0 aliphatic carbocycles. The van der Waals surface area contributed by atoms with Crippen molar-refractivity contribution in [3.05, 3.63) is 30.1 Å². The molecule has 2 rings (SSSR count). The van der Waals surface area contributed by atoms with Gasteiger partial charge >= 0.3 is 0 Å². The van der Waals surface area contributed by atoms with E-state index in [9.17, 15) is 17.6 Å². The average molecular weight is 366 g/mol. The van der Waals surface area contributed by atoms with Crippen molar-refractivity contribution >= 4 is 28.3 Å². The zero-order valence-corrected chi connectivity index (χ0v) is 14.4. The lowest BCUT2D eigenvalue weighted by molar-refractivity contribution is -0.132. The Kier molecular flexibility index (Phi) is 7.40. The molecule has 23 heavy (non-hydrogen) atoms. The van der Waals surface area contributed by atoms with Gasteiger partial charge in [-0.2, -0.15) is 4.72 Å². The number of benzene rings is 1. The van der Waals surface area contributed by atoms with Gasteiger partial charge in [-0.3, -0.25) is 4.79 Å². The molecule has 9 heteroatoms. The summed E-state index contributed by atoms with van der Waals surface area (Å²) >= 11 is 0. The van der Waals surface area contributed by atoms with Crippen LogP contribution in [0.5, 0.6) is 0 Å². The van der Waals surface area contributed by atoms with Crippen LogP contribution in [0.1, 0.15) is 13.3 Å². The predicted molar refractivity (Wildman–Crippen MR) is 87.5 cm³/mol. The molecule has 0 aromatic heterocycles. The molecule has 2 N–H and O–H groups in total. The van der Waals surface area contributed by atoms with Crippen LogP contribution >= 0.6 is 12.4 Å². The fourth-order valence-corrected chi connectivity index (χ4v) is 3.62. The maximum Gasteiger partial charge on any atom is 0.244 e. The number of halogens is 2. The van der Waals surface area contributed by atoms with Crippen LogP contribution in [0.15, 0.2) is 29.2 Å². The van der Waals surface area contributed by atoms with Crippen molar-refractivity contribution in [1.82, 2.24) is 14.9 Å². The summed E-state index contributed by atoms with van der Waals surface area (Å²) in [6.45, 7) is 4.10. The highest BCUT2D eigenvalue weighted by atomic mass is 35.5. The molecule has 1 heterocycles. The van der Waals surface area contributed by atoms with Crippen molar-refractivity contribution in [2.24, 2.45) is 0 Å². The monoisotopic (exact) mass is 365 g/mol. The topological polar surface area (TPSA) is 78.5 Å². The molecular formula is C14H21ClFN3O3S. The molecule has 1 saturated heterocycles. The molecule has 0 bridgehead atoms. The van der Waals surface area contributed by atoms with Crippen LogP contribution in [-0.4, -0.2) is 51.4 Å². The van der Waals surface area contributed by atoms with Gasteiger partial charge in [-0.15, -0.1) is 12.4 Å². The molecular weight excluding hydrogens is 345 g/mol. The van der Waals surface area contributed by atoms with Crippen molar-refractivity contribution in [1.29, 1.82) is 0 Å². The summed E-state index contributed by atoms with van der Waals surface area (Å²) in [7, 11) is -4.07. The van der Waals surface area contributed by atoms with E-state index in [1.807, 2.05) is 0 Å². The quantitative estimate of drug-likeness (QED) is 0.824. The summed E-state index contributed by atoms with van der Waals surface area (Å²) in [5.74, 6) is -1.14. The van der Waals surface area contributed by atoms with Gasteiger partial charge in [0.1, 0.15) is 10.7 Å². The van der Waals surface area contributed by atoms with Crippen molar-refractivity contribution < 1.29 is 17.6 Å². The van der Waals surface area contributed by atoms with E-state index in [0.717, 1.165) is 19.0 Å². The normalized spacial score (nSPS) is 17.0. The summed E-state index contributed by atoms with van der Waals surface area (Å²) in [6.07, 6.45) is 0.818. The van der Waals surface area contributed by atoms with Crippen molar-refractivity contribution in [2.75, 3.05) is 26.2 Å². The summed E-state index contributed by atoms with van der Waals surface area (Å²) in [4.78, 5) is 13.5. The van der Waals surface area contributed by atoms with Gasteiger partial charge < -0.3 is 10.2 Å². The molecule has 0 spiro atoms. The molecule has 1 aromatic carbocycles. The Labute approximate surface area is 141 Å². The third-order valence-electron chi connectivity index (χ3n) is 3.48. The number of hydrogen-bond donors (Lipinski definition) is 2. The lowest BCUT2D eigenvalue weighted by Gasteiger charge is -2.24. The van der Waals surface area contributed by atoms with Gasteiger partial charge in [-0.05, 0) is 32.0 Å². The van der Waals surface area contributed by atoms with E-state index in [-0.39, 0.29) is 18.3 Å². The second-order valence-electron chi connectivity index (χ2n) is 5.20. The van der Waals surface area contributed by atoms with E-state index in [4.69, 9.17) is 0 Å². The number of nitrogens with zero attached hydrogens (tertiary/aromatic N) is 1. The third-order valence-corrected chi connectivity index (χ3v) is 5.05. The minimum absolute atomic E-state index is 0. The van der Waals surface area contributed by atoms with E-state index < -0.39 is 26.8 Å². The number of amides is 1. The fourth-order valence-electron chi connectivity index (χ4n) is 2.35. The third kappa shape index (κ3) is 5.13. The molecule has 0 saturated carbocycles. The van der Waals surface area contributed by atoms with E-state index >= 15 is 0 Å². The minimum Gasteiger partial charge on any atom is -0.340 e. The van der Waals surface area contributed by atoms with E-state index in [1.165, 1.54) is 25.1 Å². The Bertz CT molecular complexity index is 634.